The summed E-state index contributed by atoms with van der Waals surface area (Å²) in [5, 5.41) is 1.14. The molecule has 25 heavy (non-hydrogen) atoms. The molecule has 0 saturated carbocycles. The molecule has 0 spiro atoms. The Morgan fingerprint density at radius 3 is 2.72 bits per heavy atom. The van der Waals surface area contributed by atoms with E-state index in [4.69, 9.17) is 0 Å². The number of fused-ring (bicyclic) bond motifs is 1. The molecule has 1 aromatic carbocycles. The zero-order chi connectivity index (χ0) is 17.8. The van der Waals surface area contributed by atoms with E-state index in [0.717, 1.165) is 26.2 Å². The molecule has 7 heteroatoms. The summed E-state index contributed by atoms with van der Waals surface area (Å²) in [6.07, 6.45) is 1.67. The molecule has 1 fully saturated rings. The van der Waals surface area contributed by atoms with E-state index < -0.39 is 0 Å². The van der Waals surface area contributed by atoms with Gasteiger partial charge in [-0.1, -0.05) is 30.0 Å². The van der Waals surface area contributed by atoms with Crippen LogP contribution in [0.25, 0.3) is 10.9 Å². The molecule has 1 saturated heterocycles. The number of aromatic nitrogens is 2. The summed E-state index contributed by atoms with van der Waals surface area (Å²) in [5.74, 6) is 0.372. The van der Waals surface area contributed by atoms with Gasteiger partial charge in [0, 0.05) is 32.7 Å². The maximum absolute atomic E-state index is 12.7. The Bertz CT molecular complexity index is 841. The van der Waals surface area contributed by atoms with Gasteiger partial charge in [-0.3, -0.25) is 14.2 Å². The van der Waals surface area contributed by atoms with Crippen LogP contribution < -0.4 is 5.56 Å². The number of hydrogen-bond acceptors (Lipinski definition) is 5. The zero-order valence-corrected chi connectivity index (χ0v) is 15.2. The summed E-state index contributed by atoms with van der Waals surface area (Å²) in [6.45, 7) is 7.38. The molecule has 1 amide bonds. The van der Waals surface area contributed by atoms with Gasteiger partial charge in [-0.25, -0.2) is 4.98 Å². The van der Waals surface area contributed by atoms with E-state index in [-0.39, 0.29) is 17.2 Å². The molecule has 0 atom stereocenters. The number of carbonyl (C=O) groups excluding carboxylic acids is 1. The van der Waals surface area contributed by atoms with Crippen molar-refractivity contribution in [2.24, 2.45) is 0 Å². The Kier molecular flexibility index (Phi) is 5.55. The van der Waals surface area contributed by atoms with Crippen LogP contribution in [-0.2, 0) is 11.3 Å². The first-order valence-corrected chi connectivity index (χ1v) is 9.28. The highest BCUT2D eigenvalue weighted by atomic mass is 32.2. The van der Waals surface area contributed by atoms with E-state index in [2.05, 4.69) is 23.5 Å². The van der Waals surface area contributed by atoms with Crippen molar-refractivity contribution < 1.29 is 4.79 Å². The smallest absolute Gasteiger partial charge is 0.262 e. The zero-order valence-electron chi connectivity index (χ0n) is 14.4. The number of hydrogen-bond donors (Lipinski definition) is 0. The number of likely N-dealkylation sites (N-methyl/N-ethyl adjacent to an activating group) is 1. The normalized spacial score (nSPS) is 15.5. The minimum Gasteiger partial charge on any atom is -0.339 e. The lowest BCUT2D eigenvalue weighted by Gasteiger charge is -2.32. The van der Waals surface area contributed by atoms with Crippen LogP contribution in [0.4, 0.5) is 0 Å². The molecule has 1 aromatic heterocycles. The van der Waals surface area contributed by atoms with Crippen LogP contribution in [0, 0.1) is 0 Å². The van der Waals surface area contributed by atoms with Crippen LogP contribution in [0.3, 0.4) is 0 Å². The molecule has 6 nitrogen and oxygen atoms in total. The molecule has 2 heterocycles. The topological polar surface area (TPSA) is 58.4 Å². The van der Waals surface area contributed by atoms with Crippen LogP contribution >= 0.6 is 11.8 Å². The molecule has 0 N–H and O–H groups in total. The molecule has 0 bridgehead atoms. The van der Waals surface area contributed by atoms with E-state index >= 15 is 0 Å². The first-order valence-electron chi connectivity index (χ1n) is 8.29. The minimum absolute atomic E-state index is 0.0886. The highest BCUT2D eigenvalue weighted by Gasteiger charge is 2.20. The third kappa shape index (κ3) is 3.93. The molecule has 0 unspecified atom stereocenters. The summed E-state index contributed by atoms with van der Waals surface area (Å²) >= 11 is 1.32. The maximum Gasteiger partial charge on any atom is 0.262 e. The van der Waals surface area contributed by atoms with E-state index in [1.165, 1.54) is 11.8 Å². The van der Waals surface area contributed by atoms with Gasteiger partial charge in [0.05, 0.1) is 16.7 Å². The van der Waals surface area contributed by atoms with E-state index in [1.807, 2.05) is 23.1 Å². The van der Waals surface area contributed by atoms with Crippen LogP contribution in [0.2, 0.25) is 0 Å². The standard InChI is InChI=1S/C18H22N4O2S/c1-3-8-22-17(24)14-6-4-5-7-15(14)19-18(22)25-13-16(23)21-11-9-20(2)10-12-21/h3-7H,1,8-13H2,2H3. The fourth-order valence-electron chi connectivity index (χ4n) is 2.82. The van der Waals surface area contributed by atoms with Gasteiger partial charge >= 0.3 is 0 Å². The van der Waals surface area contributed by atoms with Crippen LogP contribution in [0.5, 0.6) is 0 Å². The van der Waals surface area contributed by atoms with Crippen LogP contribution in [0.15, 0.2) is 46.9 Å². The predicted molar refractivity (Wildman–Crippen MR) is 101 cm³/mol. The van der Waals surface area contributed by atoms with Crippen molar-refractivity contribution in [3.63, 3.8) is 0 Å². The van der Waals surface area contributed by atoms with Gasteiger partial charge in [0.15, 0.2) is 5.16 Å². The van der Waals surface area contributed by atoms with Crippen LogP contribution in [-0.4, -0.2) is 64.2 Å². The van der Waals surface area contributed by atoms with Gasteiger partial charge in [-0.15, -0.1) is 6.58 Å². The number of nitrogens with zero attached hydrogens (tertiary/aromatic N) is 4. The summed E-state index contributed by atoms with van der Waals surface area (Å²) in [6, 6.07) is 7.28. The molecule has 2 aromatic rings. The molecule has 0 aliphatic carbocycles. The third-order valence-electron chi connectivity index (χ3n) is 4.32. The third-order valence-corrected chi connectivity index (χ3v) is 5.28. The van der Waals surface area contributed by atoms with Crippen molar-refractivity contribution in [3.05, 3.63) is 47.3 Å². The summed E-state index contributed by atoms with van der Waals surface area (Å²) < 4.78 is 1.58. The average Bonchev–Trinajstić information content (AvgIpc) is 2.63. The van der Waals surface area contributed by atoms with Crippen molar-refractivity contribution in [1.82, 2.24) is 19.4 Å². The molecule has 132 valence electrons. The van der Waals surface area contributed by atoms with E-state index in [0.29, 0.717) is 22.6 Å². The molecular weight excluding hydrogens is 336 g/mol. The Morgan fingerprint density at radius 1 is 1.28 bits per heavy atom. The van der Waals surface area contributed by atoms with Crippen molar-refractivity contribution in [2.75, 3.05) is 39.0 Å². The van der Waals surface area contributed by atoms with Crippen molar-refractivity contribution in [3.8, 4) is 0 Å². The second-order valence-electron chi connectivity index (χ2n) is 6.09. The maximum atomic E-state index is 12.7. The number of thioether (sulfide) groups is 1. The number of rotatable bonds is 5. The fraction of sp³-hybridized carbons (Fsp3) is 0.389. The summed E-state index contributed by atoms with van der Waals surface area (Å²) in [4.78, 5) is 33.8. The van der Waals surface area contributed by atoms with E-state index in [9.17, 15) is 9.59 Å². The number of allylic oxidation sites excluding steroid dienone is 1. The van der Waals surface area contributed by atoms with Crippen molar-refractivity contribution >= 4 is 28.6 Å². The van der Waals surface area contributed by atoms with Gasteiger partial charge in [0.1, 0.15) is 0 Å². The average molecular weight is 358 g/mol. The monoisotopic (exact) mass is 358 g/mol. The fourth-order valence-corrected chi connectivity index (χ4v) is 3.73. The predicted octanol–water partition coefficient (Wildman–Crippen LogP) is 1.45. The quantitative estimate of drug-likeness (QED) is 0.460. The molecular formula is C18H22N4O2S. The van der Waals surface area contributed by atoms with Crippen molar-refractivity contribution in [2.45, 2.75) is 11.7 Å². The lowest BCUT2D eigenvalue weighted by Crippen LogP contribution is -2.47. The summed E-state index contributed by atoms with van der Waals surface area (Å²) in [5.41, 5.74) is 0.558. The van der Waals surface area contributed by atoms with Gasteiger partial charge < -0.3 is 9.80 Å². The Morgan fingerprint density at radius 2 is 2.00 bits per heavy atom. The first-order chi connectivity index (χ1) is 12.1. The Labute approximate surface area is 151 Å². The number of carbonyl (C=O) groups is 1. The second kappa shape index (κ2) is 7.84. The van der Waals surface area contributed by atoms with Crippen molar-refractivity contribution in [1.29, 1.82) is 0 Å². The van der Waals surface area contributed by atoms with Gasteiger partial charge in [-0.2, -0.15) is 0 Å². The number of benzene rings is 1. The van der Waals surface area contributed by atoms with E-state index in [1.54, 1.807) is 16.7 Å². The van der Waals surface area contributed by atoms with Gasteiger partial charge in [0.25, 0.3) is 5.56 Å². The Balaban J connectivity index is 1.80. The summed E-state index contributed by atoms with van der Waals surface area (Å²) in [7, 11) is 2.06. The molecule has 0 radical (unpaired) electrons. The number of piperazine rings is 1. The minimum atomic E-state index is -0.0972. The van der Waals surface area contributed by atoms with Crippen LogP contribution in [0.1, 0.15) is 0 Å². The highest BCUT2D eigenvalue weighted by molar-refractivity contribution is 7.99. The lowest BCUT2D eigenvalue weighted by atomic mass is 10.2. The Hall–Kier alpha value is -2.12. The SMILES string of the molecule is C=CCn1c(SCC(=O)N2CCN(C)CC2)nc2ccccc2c1=O. The largest absolute Gasteiger partial charge is 0.339 e. The highest BCUT2D eigenvalue weighted by Crippen LogP contribution is 2.18. The first kappa shape index (κ1) is 17.7. The van der Waals surface area contributed by atoms with Gasteiger partial charge in [-0.05, 0) is 19.2 Å². The lowest BCUT2D eigenvalue weighted by molar-refractivity contribution is -0.129. The molecule has 1 aliphatic rings. The molecule has 1 aliphatic heterocycles. The van der Waals surface area contributed by atoms with Gasteiger partial charge in [0.2, 0.25) is 5.91 Å². The molecule has 3 rings (SSSR count). The number of amides is 1. The number of para-hydroxylation sites is 1. The second-order valence-corrected chi connectivity index (χ2v) is 7.03.